The molecule has 0 aliphatic carbocycles. The van der Waals surface area contributed by atoms with Gasteiger partial charge in [-0.3, -0.25) is 9.78 Å². The van der Waals surface area contributed by atoms with E-state index in [1.807, 2.05) is 19.1 Å². The maximum Gasteiger partial charge on any atom is 0.274 e. The van der Waals surface area contributed by atoms with Crippen LogP contribution in [0.25, 0.3) is 20.7 Å². The van der Waals surface area contributed by atoms with Gasteiger partial charge in [-0.15, -0.1) is 11.3 Å². The Bertz CT molecular complexity index is 1350. The monoisotopic (exact) mass is 477 g/mol. The van der Waals surface area contributed by atoms with Gasteiger partial charge in [-0.25, -0.2) is 9.37 Å². The average Bonchev–Trinajstić information content (AvgIpc) is 3.26. The van der Waals surface area contributed by atoms with Crippen molar-refractivity contribution in [1.82, 2.24) is 9.97 Å². The van der Waals surface area contributed by atoms with Gasteiger partial charge in [0, 0.05) is 41.7 Å². The highest BCUT2D eigenvalue weighted by Gasteiger charge is 2.32. The zero-order valence-electron chi connectivity index (χ0n) is 18.5. The number of carbonyl (C=O) groups is 1. The number of benzene rings is 1. The number of piperidine rings is 1. The van der Waals surface area contributed by atoms with Gasteiger partial charge < -0.3 is 21.1 Å². The van der Waals surface area contributed by atoms with Crippen molar-refractivity contribution in [3.8, 4) is 10.4 Å². The number of fused-ring (bicyclic) bond motifs is 1. The lowest BCUT2D eigenvalue weighted by molar-refractivity contribution is 0.0785. The first-order valence-corrected chi connectivity index (χ1v) is 11.8. The molecular formula is C25H24FN5O2S. The van der Waals surface area contributed by atoms with Crippen molar-refractivity contribution >= 4 is 38.8 Å². The van der Waals surface area contributed by atoms with Crippen molar-refractivity contribution in [2.45, 2.75) is 19.1 Å². The molecule has 174 valence electrons. The van der Waals surface area contributed by atoms with E-state index in [0.29, 0.717) is 29.9 Å². The number of nitrogens with zero attached hydrogens (tertiary/aromatic N) is 3. The fourth-order valence-electron chi connectivity index (χ4n) is 4.30. The quantitative estimate of drug-likeness (QED) is 0.412. The number of hydrogen-bond acceptors (Lipinski definition) is 7. The molecule has 3 unspecified atom stereocenters. The third-order valence-electron chi connectivity index (χ3n) is 6.09. The molecule has 0 bridgehead atoms. The van der Waals surface area contributed by atoms with Crippen LogP contribution in [0.2, 0.25) is 0 Å². The number of nitrogens with two attached hydrogens (primary N) is 1. The smallest absolute Gasteiger partial charge is 0.274 e. The maximum absolute atomic E-state index is 14.2. The van der Waals surface area contributed by atoms with Crippen LogP contribution < -0.4 is 16.0 Å². The van der Waals surface area contributed by atoms with E-state index in [1.165, 1.54) is 17.4 Å². The summed E-state index contributed by atoms with van der Waals surface area (Å²) in [6, 6.07) is 13.3. The minimum absolute atomic E-state index is 0.00761. The van der Waals surface area contributed by atoms with Gasteiger partial charge >= 0.3 is 0 Å². The largest absolute Gasteiger partial charge is 0.391 e. The highest BCUT2D eigenvalue weighted by molar-refractivity contribution is 7.22. The number of carbonyl (C=O) groups excluding carboxylic acids is 1. The van der Waals surface area contributed by atoms with Crippen molar-refractivity contribution in [3.63, 3.8) is 0 Å². The van der Waals surface area contributed by atoms with Crippen LogP contribution in [0.5, 0.6) is 0 Å². The second-order valence-electron chi connectivity index (χ2n) is 8.55. The predicted molar refractivity (Wildman–Crippen MR) is 133 cm³/mol. The standard InChI is InChI=1S/C25H24FN5O2S/c1-14-12-31(13-17(27)24(14)32)21-8-9-28-11-20(21)30-25(33)18-6-7-22-19(29-18)10-23(34-22)15-4-2-3-5-16(15)26/h2-11,14,17,24,32H,12-13,27H2,1H3,(H,30,33). The van der Waals surface area contributed by atoms with Gasteiger partial charge in [-0.2, -0.15) is 0 Å². The highest BCUT2D eigenvalue weighted by atomic mass is 32.1. The van der Waals surface area contributed by atoms with Gasteiger partial charge in [0.05, 0.1) is 33.9 Å². The molecule has 1 saturated heterocycles. The summed E-state index contributed by atoms with van der Waals surface area (Å²) < 4.78 is 15.1. The number of aromatic nitrogens is 2. The summed E-state index contributed by atoms with van der Waals surface area (Å²) in [5.41, 5.74) is 8.84. The van der Waals surface area contributed by atoms with E-state index in [1.54, 1.807) is 42.7 Å². The van der Waals surface area contributed by atoms with E-state index in [9.17, 15) is 14.3 Å². The van der Waals surface area contributed by atoms with Crippen LogP contribution in [-0.4, -0.2) is 46.2 Å². The Morgan fingerprint density at radius 3 is 2.85 bits per heavy atom. The number of anilines is 2. The molecule has 3 aromatic heterocycles. The topological polar surface area (TPSA) is 104 Å². The summed E-state index contributed by atoms with van der Waals surface area (Å²) in [6.45, 7) is 3.03. The van der Waals surface area contributed by atoms with Crippen molar-refractivity contribution < 1.29 is 14.3 Å². The van der Waals surface area contributed by atoms with Gasteiger partial charge in [0.2, 0.25) is 0 Å². The summed E-state index contributed by atoms with van der Waals surface area (Å²) >= 11 is 1.43. The van der Waals surface area contributed by atoms with Crippen LogP contribution in [0.1, 0.15) is 17.4 Å². The Hall–Kier alpha value is -3.40. The van der Waals surface area contributed by atoms with Crippen LogP contribution in [0.3, 0.4) is 0 Å². The zero-order valence-corrected chi connectivity index (χ0v) is 19.3. The molecule has 1 aromatic carbocycles. The SMILES string of the molecule is CC1CN(c2ccncc2NC(=O)c2ccc3sc(-c4ccccc4F)cc3n2)CC(N)C1O. The van der Waals surface area contributed by atoms with Crippen molar-refractivity contribution in [2.75, 3.05) is 23.3 Å². The lowest BCUT2D eigenvalue weighted by Crippen LogP contribution is -2.55. The first-order valence-electron chi connectivity index (χ1n) is 11.0. The molecule has 9 heteroatoms. The van der Waals surface area contributed by atoms with Gasteiger partial charge in [0.15, 0.2) is 0 Å². The fraction of sp³-hybridized carbons (Fsp3) is 0.240. The molecular weight excluding hydrogens is 453 g/mol. The summed E-state index contributed by atoms with van der Waals surface area (Å²) in [5.74, 6) is -0.675. The van der Waals surface area contributed by atoms with E-state index >= 15 is 0 Å². The minimum Gasteiger partial charge on any atom is -0.391 e. The Labute approximate surface area is 200 Å². The number of aliphatic hydroxyl groups is 1. The minimum atomic E-state index is -0.563. The number of thiophene rings is 1. The Balaban J connectivity index is 1.40. The molecule has 1 fully saturated rings. The molecule has 1 aliphatic heterocycles. The Morgan fingerprint density at radius 2 is 2.06 bits per heavy atom. The van der Waals surface area contributed by atoms with Crippen molar-refractivity contribution in [3.05, 3.63) is 72.4 Å². The number of aliphatic hydroxyl groups excluding tert-OH is 1. The first-order chi connectivity index (χ1) is 16.4. The number of hydrogen-bond donors (Lipinski definition) is 3. The first kappa shape index (κ1) is 22.4. The summed E-state index contributed by atoms with van der Waals surface area (Å²) in [5, 5.41) is 13.1. The number of nitrogens with one attached hydrogen (secondary N) is 1. The van der Waals surface area contributed by atoms with Gasteiger partial charge in [-0.1, -0.05) is 25.1 Å². The number of pyridine rings is 2. The molecule has 7 nitrogen and oxygen atoms in total. The highest BCUT2D eigenvalue weighted by Crippen LogP contribution is 2.34. The van der Waals surface area contributed by atoms with Crippen LogP contribution in [0.15, 0.2) is 60.9 Å². The van der Waals surface area contributed by atoms with E-state index in [0.717, 1.165) is 15.3 Å². The third kappa shape index (κ3) is 4.25. The normalized spacial score (nSPS) is 20.5. The molecule has 0 radical (unpaired) electrons. The predicted octanol–water partition coefficient (Wildman–Crippen LogP) is 3.89. The molecule has 4 N–H and O–H groups in total. The lowest BCUT2D eigenvalue weighted by Gasteiger charge is -2.40. The zero-order chi connectivity index (χ0) is 23.8. The number of amides is 1. The third-order valence-corrected chi connectivity index (χ3v) is 7.22. The fourth-order valence-corrected chi connectivity index (χ4v) is 5.33. The molecule has 3 atom stereocenters. The van der Waals surface area contributed by atoms with Crippen LogP contribution >= 0.6 is 11.3 Å². The Kier molecular flexibility index (Phi) is 5.99. The Morgan fingerprint density at radius 1 is 1.24 bits per heavy atom. The van der Waals surface area contributed by atoms with E-state index in [2.05, 4.69) is 20.2 Å². The number of halogens is 1. The lowest BCUT2D eigenvalue weighted by atomic mass is 9.92. The van der Waals surface area contributed by atoms with Gasteiger partial charge in [0.1, 0.15) is 11.5 Å². The van der Waals surface area contributed by atoms with Crippen molar-refractivity contribution in [1.29, 1.82) is 0 Å². The molecule has 1 amide bonds. The van der Waals surface area contributed by atoms with Gasteiger partial charge in [0.25, 0.3) is 5.91 Å². The summed E-state index contributed by atoms with van der Waals surface area (Å²) in [6.07, 6.45) is 2.69. The summed E-state index contributed by atoms with van der Waals surface area (Å²) in [7, 11) is 0. The van der Waals surface area contributed by atoms with Crippen LogP contribution in [0, 0.1) is 11.7 Å². The van der Waals surface area contributed by atoms with Crippen LogP contribution in [0.4, 0.5) is 15.8 Å². The molecule has 34 heavy (non-hydrogen) atoms. The van der Waals surface area contributed by atoms with Crippen molar-refractivity contribution in [2.24, 2.45) is 11.7 Å². The molecule has 5 rings (SSSR count). The molecule has 0 spiro atoms. The molecule has 4 heterocycles. The van der Waals surface area contributed by atoms with Crippen LogP contribution in [-0.2, 0) is 0 Å². The molecule has 4 aromatic rings. The van der Waals surface area contributed by atoms with E-state index < -0.39 is 6.10 Å². The number of rotatable bonds is 4. The average molecular weight is 478 g/mol. The van der Waals surface area contributed by atoms with E-state index in [-0.39, 0.29) is 29.4 Å². The summed E-state index contributed by atoms with van der Waals surface area (Å²) in [4.78, 5) is 24.5. The second kappa shape index (κ2) is 9.09. The molecule has 1 aliphatic rings. The molecule has 0 saturated carbocycles. The van der Waals surface area contributed by atoms with E-state index in [4.69, 9.17) is 5.73 Å². The van der Waals surface area contributed by atoms with Gasteiger partial charge in [-0.05, 0) is 30.3 Å². The maximum atomic E-state index is 14.2. The second-order valence-corrected chi connectivity index (χ2v) is 9.64.